The molecule has 0 aromatic carbocycles. The molecule has 0 amide bonds. The van der Waals surface area contributed by atoms with E-state index in [0.717, 1.165) is 11.8 Å². The van der Waals surface area contributed by atoms with Crippen LogP contribution in [0.4, 0.5) is 5.95 Å². The van der Waals surface area contributed by atoms with Crippen molar-refractivity contribution in [1.29, 1.82) is 0 Å². The van der Waals surface area contributed by atoms with Crippen LogP contribution in [0.5, 0.6) is 0 Å². The summed E-state index contributed by atoms with van der Waals surface area (Å²) in [5.41, 5.74) is -0.0692. The Morgan fingerprint density at radius 2 is 2.00 bits per heavy atom. The Bertz CT molecular complexity index is 736. The van der Waals surface area contributed by atoms with Gasteiger partial charge >= 0.3 is 5.97 Å². The molecule has 0 saturated carbocycles. The zero-order valence-corrected chi connectivity index (χ0v) is 14.7. The number of carbonyl (C=O) groups is 1. The molecule has 0 radical (unpaired) electrons. The quantitative estimate of drug-likeness (QED) is 0.835. The number of hydrogen-bond donors (Lipinski definition) is 1. The van der Waals surface area contributed by atoms with E-state index in [1.165, 1.54) is 4.31 Å². The fourth-order valence-corrected chi connectivity index (χ4v) is 4.64. The molecule has 8 nitrogen and oxygen atoms in total. The summed E-state index contributed by atoms with van der Waals surface area (Å²) in [6.45, 7) is 3.30. The molecule has 0 aliphatic carbocycles. The molecule has 2 aliphatic heterocycles. The van der Waals surface area contributed by atoms with E-state index < -0.39 is 21.4 Å². The molecule has 3 rings (SSSR count). The zero-order valence-electron chi connectivity index (χ0n) is 13.8. The van der Waals surface area contributed by atoms with Gasteiger partial charge in [0.05, 0.1) is 11.7 Å². The van der Waals surface area contributed by atoms with Gasteiger partial charge in [0.25, 0.3) is 0 Å². The van der Waals surface area contributed by atoms with Crippen LogP contribution < -0.4 is 4.90 Å². The Morgan fingerprint density at radius 1 is 1.33 bits per heavy atom. The second kappa shape index (κ2) is 5.96. The summed E-state index contributed by atoms with van der Waals surface area (Å²) in [6.07, 6.45) is 5.72. The monoisotopic (exact) mass is 354 g/mol. The molecular formula is C15H22N4O4S. The van der Waals surface area contributed by atoms with E-state index in [1.54, 1.807) is 12.4 Å². The number of rotatable bonds is 3. The van der Waals surface area contributed by atoms with Crippen molar-refractivity contribution in [3.05, 3.63) is 18.0 Å². The molecule has 1 N–H and O–H groups in total. The summed E-state index contributed by atoms with van der Waals surface area (Å²) < 4.78 is 25.1. The van der Waals surface area contributed by atoms with Gasteiger partial charge in [0.15, 0.2) is 0 Å². The van der Waals surface area contributed by atoms with Gasteiger partial charge < -0.3 is 10.0 Å². The number of carboxylic acid groups (broad SMARTS) is 1. The lowest BCUT2D eigenvalue weighted by Gasteiger charge is -2.29. The normalized spacial score (nSPS) is 28.4. The Morgan fingerprint density at radius 3 is 2.58 bits per heavy atom. The van der Waals surface area contributed by atoms with Crippen molar-refractivity contribution < 1.29 is 18.3 Å². The number of aromatic nitrogens is 2. The molecule has 2 saturated heterocycles. The van der Waals surface area contributed by atoms with Crippen LogP contribution in [0.15, 0.2) is 12.4 Å². The standard InChI is InChI=1S/C15H22N4O4S/c1-11-6-16-14(17-7-11)18-5-3-4-15(13(20)21)10-19(24(2,22)23)9-12(15)8-18/h6-7,12H,3-5,8-10H2,1-2H3,(H,20,21)/t12-,15-/m0/s1. The Labute approximate surface area is 141 Å². The van der Waals surface area contributed by atoms with Crippen molar-refractivity contribution in [3.8, 4) is 0 Å². The fourth-order valence-electron chi connectivity index (χ4n) is 3.72. The third-order valence-corrected chi connectivity index (χ3v) is 6.32. The summed E-state index contributed by atoms with van der Waals surface area (Å²) in [7, 11) is -3.41. The maximum atomic E-state index is 12.0. The van der Waals surface area contributed by atoms with Gasteiger partial charge in [-0.3, -0.25) is 4.79 Å². The number of aliphatic carboxylic acids is 1. The fraction of sp³-hybridized carbons (Fsp3) is 0.667. The highest BCUT2D eigenvalue weighted by atomic mass is 32.2. The second-order valence-corrected chi connectivity index (χ2v) is 8.81. The largest absolute Gasteiger partial charge is 0.481 e. The van der Waals surface area contributed by atoms with Gasteiger partial charge in [0, 0.05) is 44.5 Å². The maximum Gasteiger partial charge on any atom is 0.311 e. The molecule has 132 valence electrons. The average Bonchev–Trinajstić information content (AvgIpc) is 2.78. The lowest BCUT2D eigenvalue weighted by molar-refractivity contribution is -0.150. The van der Waals surface area contributed by atoms with E-state index in [-0.39, 0.29) is 19.0 Å². The predicted molar refractivity (Wildman–Crippen MR) is 88.2 cm³/mol. The number of fused-ring (bicyclic) bond motifs is 1. The first-order chi connectivity index (χ1) is 11.2. The number of carboxylic acids is 1. The van der Waals surface area contributed by atoms with Crippen LogP contribution in [0.25, 0.3) is 0 Å². The van der Waals surface area contributed by atoms with Gasteiger partial charge in [0.2, 0.25) is 16.0 Å². The van der Waals surface area contributed by atoms with Crippen molar-refractivity contribution >= 4 is 21.9 Å². The summed E-state index contributed by atoms with van der Waals surface area (Å²) in [5.74, 6) is -0.623. The van der Waals surface area contributed by atoms with E-state index in [4.69, 9.17) is 0 Å². The molecule has 9 heteroatoms. The van der Waals surface area contributed by atoms with Gasteiger partial charge in [-0.1, -0.05) is 0 Å². The molecule has 24 heavy (non-hydrogen) atoms. The van der Waals surface area contributed by atoms with Crippen LogP contribution >= 0.6 is 0 Å². The van der Waals surface area contributed by atoms with Crippen molar-refractivity contribution in [1.82, 2.24) is 14.3 Å². The first kappa shape index (κ1) is 17.1. The van der Waals surface area contributed by atoms with E-state index in [1.807, 2.05) is 11.8 Å². The van der Waals surface area contributed by atoms with Crippen LogP contribution in [-0.2, 0) is 14.8 Å². The van der Waals surface area contributed by atoms with E-state index >= 15 is 0 Å². The number of sulfonamides is 1. The number of anilines is 1. The minimum Gasteiger partial charge on any atom is -0.481 e. The molecule has 3 heterocycles. The van der Waals surface area contributed by atoms with Crippen molar-refractivity contribution in [2.45, 2.75) is 19.8 Å². The smallest absolute Gasteiger partial charge is 0.311 e. The van der Waals surface area contributed by atoms with Gasteiger partial charge in [0.1, 0.15) is 0 Å². The van der Waals surface area contributed by atoms with Crippen LogP contribution in [-0.4, -0.2) is 66.2 Å². The minimum absolute atomic E-state index is 0.0500. The topological polar surface area (TPSA) is 104 Å². The Kier molecular flexibility index (Phi) is 4.25. The second-order valence-electron chi connectivity index (χ2n) is 6.82. The molecule has 2 aliphatic rings. The number of hydrogen-bond acceptors (Lipinski definition) is 6. The average molecular weight is 354 g/mol. The minimum atomic E-state index is -3.41. The van der Waals surface area contributed by atoms with E-state index in [9.17, 15) is 18.3 Å². The molecule has 1 aromatic heterocycles. The van der Waals surface area contributed by atoms with Crippen LogP contribution in [0.2, 0.25) is 0 Å². The Hall–Kier alpha value is -1.74. The summed E-state index contributed by atoms with van der Waals surface area (Å²) in [6, 6.07) is 0. The third-order valence-electron chi connectivity index (χ3n) is 5.10. The Balaban J connectivity index is 1.91. The lowest BCUT2D eigenvalue weighted by atomic mass is 9.75. The highest BCUT2D eigenvalue weighted by Crippen LogP contribution is 2.44. The molecule has 0 bridgehead atoms. The molecule has 2 atom stereocenters. The first-order valence-electron chi connectivity index (χ1n) is 7.94. The van der Waals surface area contributed by atoms with Crippen LogP contribution in [0.3, 0.4) is 0 Å². The highest BCUT2D eigenvalue weighted by Gasteiger charge is 2.55. The first-order valence-corrected chi connectivity index (χ1v) is 9.79. The molecule has 0 unspecified atom stereocenters. The van der Waals surface area contributed by atoms with Crippen molar-refractivity contribution in [3.63, 3.8) is 0 Å². The molecular weight excluding hydrogens is 332 g/mol. The summed E-state index contributed by atoms with van der Waals surface area (Å²) in [4.78, 5) is 22.6. The third kappa shape index (κ3) is 2.98. The van der Waals surface area contributed by atoms with Gasteiger partial charge in [-0.2, -0.15) is 0 Å². The van der Waals surface area contributed by atoms with E-state index in [0.29, 0.717) is 31.9 Å². The van der Waals surface area contributed by atoms with E-state index in [2.05, 4.69) is 9.97 Å². The van der Waals surface area contributed by atoms with Gasteiger partial charge in [-0.25, -0.2) is 22.7 Å². The molecule has 0 spiro atoms. The zero-order chi connectivity index (χ0) is 17.5. The van der Waals surface area contributed by atoms with Gasteiger partial charge in [-0.15, -0.1) is 0 Å². The lowest BCUT2D eigenvalue weighted by Crippen LogP contribution is -2.41. The number of aryl methyl sites for hydroxylation is 1. The highest BCUT2D eigenvalue weighted by molar-refractivity contribution is 7.88. The van der Waals surface area contributed by atoms with Crippen molar-refractivity contribution in [2.75, 3.05) is 37.3 Å². The van der Waals surface area contributed by atoms with Crippen molar-refractivity contribution in [2.24, 2.45) is 11.3 Å². The van der Waals surface area contributed by atoms with Crippen LogP contribution in [0, 0.1) is 18.3 Å². The number of nitrogens with zero attached hydrogens (tertiary/aromatic N) is 4. The summed E-state index contributed by atoms with van der Waals surface area (Å²) in [5, 5.41) is 9.83. The predicted octanol–water partition coefficient (Wildman–Crippen LogP) is 0.348. The van der Waals surface area contributed by atoms with Gasteiger partial charge in [-0.05, 0) is 25.3 Å². The molecule has 1 aromatic rings. The SMILES string of the molecule is Cc1cnc(N2CCC[C@]3(C(=O)O)CN(S(C)(=O)=O)C[C@@H]3C2)nc1. The maximum absolute atomic E-state index is 12.0. The molecule has 2 fully saturated rings. The summed E-state index contributed by atoms with van der Waals surface area (Å²) >= 11 is 0. The van der Waals surface area contributed by atoms with Crippen LogP contribution in [0.1, 0.15) is 18.4 Å².